The maximum atomic E-state index is 12.2. The van der Waals surface area contributed by atoms with E-state index in [4.69, 9.17) is 9.72 Å². The van der Waals surface area contributed by atoms with Crippen LogP contribution in [0.25, 0.3) is 0 Å². The number of nitrogens with zero attached hydrogens (tertiary/aromatic N) is 4. The molecule has 4 rings (SSSR count). The van der Waals surface area contributed by atoms with E-state index in [1.54, 1.807) is 13.3 Å². The zero-order chi connectivity index (χ0) is 18.8. The van der Waals surface area contributed by atoms with Crippen LogP contribution in [0.5, 0.6) is 5.88 Å². The van der Waals surface area contributed by atoms with E-state index in [0.29, 0.717) is 18.3 Å². The van der Waals surface area contributed by atoms with Gasteiger partial charge in [0.1, 0.15) is 5.82 Å². The average Bonchev–Trinajstić information content (AvgIpc) is 3.04. The van der Waals surface area contributed by atoms with Crippen molar-refractivity contribution < 1.29 is 9.53 Å². The second-order valence-electron chi connectivity index (χ2n) is 7.47. The lowest BCUT2D eigenvalue weighted by Crippen LogP contribution is -2.40. The monoisotopic (exact) mass is 369 g/mol. The van der Waals surface area contributed by atoms with E-state index >= 15 is 0 Å². The molecule has 27 heavy (non-hydrogen) atoms. The molecule has 7 nitrogen and oxygen atoms in total. The van der Waals surface area contributed by atoms with Crippen molar-refractivity contribution in [2.75, 3.05) is 13.7 Å². The Bertz CT molecular complexity index is 814. The fourth-order valence-corrected chi connectivity index (χ4v) is 3.84. The minimum atomic E-state index is 0.0831. The first kappa shape index (κ1) is 18.0. The average molecular weight is 369 g/mol. The summed E-state index contributed by atoms with van der Waals surface area (Å²) in [4.78, 5) is 23.6. The SMILES string of the molecule is COc1ncccc1CN1CCn2cc(CC(=O)NC3CCC3)nc2C1C. The third-order valence-electron chi connectivity index (χ3n) is 5.64. The third kappa shape index (κ3) is 3.83. The van der Waals surface area contributed by atoms with E-state index in [2.05, 4.69) is 32.8 Å². The van der Waals surface area contributed by atoms with E-state index in [-0.39, 0.29) is 11.9 Å². The first-order valence-electron chi connectivity index (χ1n) is 9.71. The van der Waals surface area contributed by atoms with Crippen LogP contribution in [-0.2, 0) is 24.3 Å². The van der Waals surface area contributed by atoms with Gasteiger partial charge in [0.25, 0.3) is 0 Å². The van der Waals surface area contributed by atoms with Crippen LogP contribution in [0.3, 0.4) is 0 Å². The van der Waals surface area contributed by atoms with Gasteiger partial charge in [0.15, 0.2) is 0 Å². The van der Waals surface area contributed by atoms with Gasteiger partial charge in [0.05, 0.1) is 25.3 Å². The van der Waals surface area contributed by atoms with Crippen LogP contribution in [0, 0.1) is 0 Å². The smallest absolute Gasteiger partial charge is 0.226 e. The maximum Gasteiger partial charge on any atom is 0.226 e. The van der Waals surface area contributed by atoms with E-state index in [0.717, 1.165) is 49.6 Å². The van der Waals surface area contributed by atoms with Crippen LogP contribution in [0.2, 0.25) is 0 Å². The molecule has 2 aromatic heterocycles. The fourth-order valence-electron chi connectivity index (χ4n) is 3.84. The Kier molecular flexibility index (Phi) is 5.11. The minimum absolute atomic E-state index is 0.0831. The number of hydrogen-bond acceptors (Lipinski definition) is 5. The lowest BCUT2D eigenvalue weighted by molar-refractivity contribution is -0.121. The lowest BCUT2D eigenvalue weighted by atomic mass is 9.93. The number of ether oxygens (including phenoxy) is 1. The maximum absolute atomic E-state index is 12.2. The molecule has 1 unspecified atom stereocenters. The molecule has 0 aromatic carbocycles. The fraction of sp³-hybridized carbons (Fsp3) is 0.550. The second kappa shape index (κ2) is 7.68. The summed E-state index contributed by atoms with van der Waals surface area (Å²) in [5.41, 5.74) is 1.93. The van der Waals surface area contributed by atoms with Gasteiger partial charge in [-0.25, -0.2) is 9.97 Å². The van der Waals surface area contributed by atoms with Gasteiger partial charge >= 0.3 is 0 Å². The number of nitrogens with one attached hydrogen (secondary N) is 1. The summed E-state index contributed by atoms with van der Waals surface area (Å²) in [5.74, 6) is 1.78. The van der Waals surface area contributed by atoms with Crippen molar-refractivity contribution in [3.05, 3.63) is 41.6 Å². The molecular formula is C20H27N5O2. The van der Waals surface area contributed by atoms with Gasteiger partial charge in [-0.2, -0.15) is 0 Å². The Balaban J connectivity index is 1.43. The largest absolute Gasteiger partial charge is 0.481 e. The zero-order valence-corrected chi connectivity index (χ0v) is 16.0. The van der Waals surface area contributed by atoms with Gasteiger partial charge in [-0.3, -0.25) is 9.69 Å². The van der Waals surface area contributed by atoms with Crippen LogP contribution in [-0.4, -0.2) is 45.0 Å². The number of fused-ring (bicyclic) bond motifs is 1. The number of amides is 1. The first-order valence-corrected chi connectivity index (χ1v) is 9.71. The topological polar surface area (TPSA) is 72.3 Å². The summed E-state index contributed by atoms with van der Waals surface area (Å²) >= 11 is 0. The van der Waals surface area contributed by atoms with Gasteiger partial charge < -0.3 is 14.6 Å². The number of rotatable bonds is 6. The van der Waals surface area contributed by atoms with Crippen molar-refractivity contribution in [2.24, 2.45) is 0 Å². The normalized spacial score (nSPS) is 20.0. The number of carbonyl (C=O) groups excluding carboxylic acids is 1. The van der Waals surface area contributed by atoms with Crippen LogP contribution in [0.15, 0.2) is 24.5 Å². The lowest BCUT2D eigenvalue weighted by Gasteiger charge is -2.33. The van der Waals surface area contributed by atoms with Crippen LogP contribution in [0.4, 0.5) is 0 Å². The molecule has 7 heteroatoms. The molecule has 2 aliphatic rings. The summed E-state index contributed by atoms with van der Waals surface area (Å²) < 4.78 is 7.57. The standard InChI is InChI=1S/C20H27N5O2/c1-14-19-23-17(11-18(26)22-16-6-3-7-16)13-25(19)10-9-24(14)12-15-5-4-8-21-20(15)27-2/h4-5,8,13-14,16H,3,6-7,9-12H2,1-2H3,(H,22,26). The molecule has 144 valence electrons. The number of hydrogen-bond donors (Lipinski definition) is 1. The molecule has 1 N–H and O–H groups in total. The summed E-state index contributed by atoms with van der Waals surface area (Å²) in [6.07, 6.45) is 7.58. The predicted molar refractivity (Wildman–Crippen MR) is 101 cm³/mol. The number of pyridine rings is 1. The van der Waals surface area contributed by atoms with Gasteiger partial charge in [0.2, 0.25) is 11.8 Å². The molecule has 0 saturated heterocycles. The molecule has 1 aliphatic heterocycles. The Hall–Kier alpha value is -2.41. The van der Waals surface area contributed by atoms with E-state index < -0.39 is 0 Å². The van der Waals surface area contributed by atoms with Gasteiger partial charge in [0, 0.05) is 43.6 Å². The molecule has 0 bridgehead atoms. The van der Waals surface area contributed by atoms with E-state index in [9.17, 15) is 4.79 Å². The quantitative estimate of drug-likeness (QED) is 0.844. The highest BCUT2D eigenvalue weighted by atomic mass is 16.5. The molecule has 1 aliphatic carbocycles. The molecule has 3 heterocycles. The van der Waals surface area contributed by atoms with Gasteiger partial charge in [-0.1, -0.05) is 6.07 Å². The minimum Gasteiger partial charge on any atom is -0.481 e. The Morgan fingerprint density at radius 3 is 2.96 bits per heavy atom. The van der Waals surface area contributed by atoms with Crippen LogP contribution >= 0.6 is 0 Å². The molecule has 1 saturated carbocycles. The molecule has 0 spiro atoms. The summed E-state index contributed by atoms with van der Waals surface area (Å²) in [5, 5.41) is 3.09. The summed E-state index contributed by atoms with van der Waals surface area (Å²) in [6, 6.07) is 4.54. The van der Waals surface area contributed by atoms with Gasteiger partial charge in [-0.05, 0) is 32.3 Å². The molecule has 2 aromatic rings. The molecule has 1 fully saturated rings. The van der Waals surface area contributed by atoms with Crippen LogP contribution in [0.1, 0.15) is 49.3 Å². The van der Waals surface area contributed by atoms with Crippen molar-refractivity contribution >= 4 is 5.91 Å². The van der Waals surface area contributed by atoms with Crippen molar-refractivity contribution in [1.29, 1.82) is 0 Å². The number of carbonyl (C=O) groups is 1. The molecule has 1 atom stereocenters. The Morgan fingerprint density at radius 2 is 2.22 bits per heavy atom. The van der Waals surface area contributed by atoms with Gasteiger partial charge in [-0.15, -0.1) is 0 Å². The number of imidazole rings is 1. The van der Waals surface area contributed by atoms with E-state index in [1.807, 2.05) is 12.3 Å². The third-order valence-corrected chi connectivity index (χ3v) is 5.64. The van der Waals surface area contributed by atoms with Crippen molar-refractivity contribution in [3.63, 3.8) is 0 Å². The summed E-state index contributed by atoms with van der Waals surface area (Å²) in [6.45, 7) is 4.73. The highest BCUT2D eigenvalue weighted by molar-refractivity contribution is 5.78. The highest BCUT2D eigenvalue weighted by Crippen LogP contribution is 2.28. The summed E-state index contributed by atoms with van der Waals surface area (Å²) in [7, 11) is 1.65. The van der Waals surface area contributed by atoms with E-state index in [1.165, 1.54) is 6.42 Å². The van der Waals surface area contributed by atoms with Crippen LogP contribution < -0.4 is 10.1 Å². The Morgan fingerprint density at radius 1 is 1.37 bits per heavy atom. The molecule has 0 radical (unpaired) electrons. The Labute approximate surface area is 159 Å². The number of methoxy groups -OCH3 is 1. The van der Waals surface area contributed by atoms with Crippen molar-refractivity contribution in [3.8, 4) is 5.88 Å². The van der Waals surface area contributed by atoms with Crippen molar-refractivity contribution in [1.82, 2.24) is 24.8 Å². The highest BCUT2D eigenvalue weighted by Gasteiger charge is 2.28. The first-order chi connectivity index (χ1) is 13.1. The predicted octanol–water partition coefficient (Wildman–Crippen LogP) is 2.07. The zero-order valence-electron chi connectivity index (χ0n) is 16.0. The van der Waals surface area contributed by atoms with Crippen molar-refractivity contribution in [2.45, 2.75) is 57.8 Å². The molecule has 1 amide bonds. The molecular weight excluding hydrogens is 342 g/mol. The second-order valence-corrected chi connectivity index (χ2v) is 7.47. The number of aromatic nitrogens is 3.